The van der Waals surface area contributed by atoms with Crippen LogP contribution in [0.1, 0.15) is 22.9 Å². The number of aryl methyl sites for hydroxylation is 1. The molecule has 62 valence electrons. The minimum absolute atomic E-state index is 0.139. The van der Waals surface area contributed by atoms with Crippen LogP contribution < -0.4 is 11.5 Å². The predicted octanol–water partition coefficient (Wildman–Crippen LogP) is 1.41. The number of hydrogen-bond donors (Lipinski definition) is 2. The van der Waals surface area contributed by atoms with Crippen LogP contribution in [0.3, 0.4) is 0 Å². The van der Waals surface area contributed by atoms with Crippen molar-refractivity contribution in [2.24, 2.45) is 11.5 Å². The van der Waals surface area contributed by atoms with Gasteiger partial charge in [-0.05, 0) is 36.9 Å². The van der Waals surface area contributed by atoms with Crippen LogP contribution >= 0.6 is 11.3 Å². The molecule has 4 N–H and O–H groups in total. The summed E-state index contributed by atoms with van der Waals surface area (Å²) >= 11 is 1.72. The minimum Gasteiger partial charge on any atom is -0.330 e. The summed E-state index contributed by atoms with van der Waals surface area (Å²) in [5.41, 5.74) is 12.6. The van der Waals surface area contributed by atoms with Crippen LogP contribution in [0.4, 0.5) is 0 Å². The van der Waals surface area contributed by atoms with Crippen LogP contribution in [-0.4, -0.2) is 6.54 Å². The lowest BCUT2D eigenvalue weighted by molar-refractivity contribution is 0.669. The van der Waals surface area contributed by atoms with Crippen LogP contribution in [0, 0.1) is 6.92 Å². The monoisotopic (exact) mass is 170 g/mol. The maximum atomic E-state index is 5.88. The van der Waals surface area contributed by atoms with E-state index in [9.17, 15) is 0 Å². The SMILES string of the molecule is Cc1ccsc1C(N)CCN. The highest BCUT2D eigenvalue weighted by atomic mass is 32.1. The lowest BCUT2D eigenvalue weighted by Gasteiger charge is -2.08. The first-order chi connectivity index (χ1) is 5.25. The van der Waals surface area contributed by atoms with Crippen molar-refractivity contribution in [3.63, 3.8) is 0 Å². The van der Waals surface area contributed by atoms with Gasteiger partial charge in [-0.2, -0.15) is 0 Å². The first kappa shape index (κ1) is 8.71. The molecule has 11 heavy (non-hydrogen) atoms. The van der Waals surface area contributed by atoms with E-state index in [2.05, 4.69) is 18.4 Å². The summed E-state index contributed by atoms with van der Waals surface area (Å²) in [7, 11) is 0. The molecular weight excluding hydrogens is 156 g/mol. The molecule has 0 saturated carbocycles. The van der Waals surface area contributed by atoms with E-state index in [1.807, 2.05) is 0 Å². The normalized spacial score (nSPS) is 13.4. The molecule has 1 atom stereocenters. The Labute approximate surface area is 71.2 Å². The highest BCUT2D eigenvalue weighted by Crippen LogP contribution is 2.23. The molecule has 0 bridgehead atoms. The van der Waals surface area contributed by atoms with Gasteiger partial charge in [0.2, 0.25) is 0 Å². The van der Waals surface area contributed by atoms with E-state index in [1.54, 1.807) is 11.3 Å². The molecule has 0 saturated heterocycles. The predicted molar refractivity (Wildman–Crippen MR) is 49.7 cm³/mol. The topological polar surface area (TPSA) is 52.0 Å². The number of hydrogen-bond acceptors (Lipinski definition) is 3. The highest BCUT2D eigenvalue weighted by Gasteiger charge is 2.08. The average molecular weight is 170 g/mol. The van der Waals surface area contributed by atoms with E-state index < -0.39 is 0 Å². The van der Waals surface area contributed by atoms with Crippen LogP contribution in [0.25, 0.3) is 0 Å². The molecule has 1 aromatic heterocycles. The third-order valence-corrected chi connectivity index (χ3v) is 2.87. The van der Waals surface area contributed by atoms with Crippen molar-refractivity contribution < 1.29 is 0 Å². The minimum atomic E-state index is 0.139. The van der Waals surface area contributed by atoms with Gasteiger partial charge in [-0.15, -0.1) is 11.3 Å². The molecule has 1 rings (SSSR count). The van der Waals surface area contributed by atoms with Crippen molar-refractivity contribution in [1.82, 2.24) is 0 Å². The zero-order valence-electron chi connectivity index (χ0n) is 6.71. The van der Waals surface area contributed by atoms with E-state index in [4.69, 9.17) is 11.5 Å². The third-order valence-electron chi connectivity index (χ3n) is 1.72. The van der Waals surface area contributed by atoms with Crippen molar-refractivity contribution in [3.8, 4) is 0 Å². The molecule has 0 aliphatic rings. The lowest BCUT2D eigenvalue weighted by atomic mass is 10.1. The standard InChI is InChI=1S/C8H14N2S/c1-6-3-5-11-8(6)7(10)2-4-9/h3,5,7H,2,4,9-10H2,1H3. The van der Waals surface area contributed by atoms with Crippen molar-refractivity contribution in [1.29, 1.82) is 0 Å². The molecule has 3 heteroatoms. The van der Waals surface area contributed by atoms with Crippen molar-refractivity contribution in [3.05, 3.63) is 21.9 Å². The second-order valence-corrected chi connectivity index (χ2v) is 3.60. The third kappa shape index (κ3) is 2.02. The Morgan fingerprint density at radius 2 is 2.36 bits per heavy atom. The molecule has 2 nitrogen and oxygen atoms in total. The van der Waals surface area contributed by atoms with Crippen molar-refractivity contribution >= 4 is 11.3 Å². The van der Waals surface area contributed by atoms with Gasteiger partial charge < -0.3 is 11.5 Å². The summed E-state index contributed by atoms with van der Waals surface area (Å²) in [5.74, 6) is 0. The molecular formula is C8H14N2S. The number of thiophene rings is 1. The summed E-state index contributed by atoms with van der Waals surface area (Å²) in [4.78, 5) is 1.27. The summed E-state index contributed by atoms with van der Waals surface area (Å²) < 4.78 is 0. The van der Waals surface area contributed by atoms with Crippen LogP contribution in [0.2, 0.25) is 0 Å². The Hall–Kier alpha value is -0.380. The summed E-state index contributed by atoms with van der Waals surface area (Å²) in [6.07, 6.45) is 0.876. The molecule has 1 unspecified atom stereocenters. The Morgan fingerprint density at radius 1 is 1.64 bits per heavy atom. The van der Waals surface area contributed by atoms with E-state index in [0.717, 1.165) is 6.42 Å². The highest BCUT2D eigenvalue weighted by molar-refractivity contribution is 7.10. The first-order valence-electron chi connectivity index (χ1n) is 3.75. The Kier molecular flexibility index (Phi) is 3.05. The lowest BCUT2D eigenvalue weighted by Crippen LogP contribution is -2.14. The Balaban J connectivity index is 2.67. The van der Waals surface area contributed by atoms with Gasteiger partial charge >= 0.3 is 0 Å². The maximum absolute atomic E-state index is 5.88. The van der Waals surface area contributed by atoms with E-state index in [1.165, 1.54) is 10.4 Å². The quantitative estimate of drug-likeness (QED) is 0.720. The van der Waals surface area contributed by atoms with Gasteiger partial charge in [0.25, 0.3) is 0 Å². The summed E-state index contributed by atoms with van der Waals surface area (Å²) in [6, 6.07) is 2.23. The summed E-state index contributed by atoms with van der Waals surface area (Å²) in [6.45, 7) is 2.75. The second kappa shape index (κ2) is 3.85. The van der Waals surface area contributed by atoms with Gasteiger partial charge in [-0.25, -0.2) is 0 Å². The van der Waals surface area contributed by atoms with E-state index in [0.29, 0.717) is 6.54 Å². The summed E-state index contributed by atoms with van der Waals surface area (Å²) in [5, 5.41) is 2.07. The number of nitrogens with two attached hydrogens (primary N) is 2. The van der Waals surface area contributed by atoms with Crippen LogP contribution in [0.15, 0.2) is 11.4 Å². The zero-order valence-corrected chi connectivity index (χ0v) is 7.53. The van der Waals surface area contributed by atoms with Crippen molar-refractivity contribution in [2.45, 2.75) is 19.4 Å². The average Bonchev–Trinajstić information content (AvgIpc) is 2.36. The fraction of sp³-hybridized carbons (Fsp3) is 0.500. The molecule has 0 aliphatic carbocycles. The fourth-order valence-corrected chi connectivity index (χ4v) is 2.04. The van der Waals surface area contributed by atoms with Crippen molar-refractivity contribution in [2.75, 3.05) is 6.54 Å². The van der Waals surface area contributed by atoms with Gasteiger partial charge in [0.05, 0.1) is 0 Å². The maximum Gasteiger partial charge on any atom is 0.0404 e. The van der Waals surface area contributed by atoms with E-state index in [-0.39, 0.29) is 6.04 Å². The molecule has 0 fully saturated rings. The molecule has 0 aromatic carbocycles. The molecule has 0 radical (unpaired) electrons. The van der Waals surface area contributed by atoms with Gasteiger partial charge in [0.15, 0.2) is 0 Å². The van der Waals surface area contributed by atoms with Gasteiger partial charge in [-0.1, -0.05) is 0 Å². The molecule has 1 aromatic rings. The molecule has 0 aliphatic heterocycles. The smallest absolute Gasteiger partial charge is 0.0404 e. The Morgan fingerprint density at radius 3 is 2.82 bits per heavy atom. The largest absolute Gasteiger partial charge is 0.330 e. The zero-order chi connectivity index (χ0) is 8.27. The van der Waals surface area contributed by atoms with E-state index >= 15 is 0 Å². The van der Waals surface area contributed by atoms with Crippen LogP contribution in [-0.2, 0) is 0 Å². The van der Waals surface area contributed by atoms with Gasteiger partial charge in [0, 0.05) is 10.9 Å². The Bertz CT molecular complexity index is 220. The van der Waals surface area contributed by atoms with Gasteiger partial charge in [-0.3, -0.25) is 0 Å². The fourth-order valence-electron chi connectivity index (χ4n) is 1.07. The number of rotatable bonds is 3. The van der Waals surface area contributed by atoms with Gasteiger partial charge in [0.1, 0.15) is 0 Å². The molecule has 0 spiro atoms. The molecule has 0 amide bonds. The second-order valence-electron chi connectivity index (χ2n) is 2.65. The first-order valence-corrected chi connectivity index (χ1v) is 4.63. The molecule has 1 heterocycles. The van der Waals surface area contributed by atoms with Crippen LogP contribution in [0.5, 0.6) is 0 Å².